The fourth-order valence-electron chi connectivity index (χ4n) is 1.98. The smallest absolute Gasteiger partial charge is 0.178 e. The van der Waals surface area contributed by atoms with Gasteiger partial charge >= 0.3 is 0 Å². The molecule has 0 amide bonds. The average Bonchev–Trinajstić information content (AvgIpc) is 2.90. The summed E-state index contributed by atoms with van der Waals surface area (Å²) in [6.07, 6.45) is 1.14. The summed E-state index contributed by atoms with van der Waals surface area (Å²) in [7, 11) is -3.11. The molecule has 0 radical (unpaired) electrons. The summed E-state index contributed by atoms with van der Waals surface area (Å²) in [5.74, 6) is 1.42. The van der Waals surface area contributed by atoms with Gasteiger partial charge in [0.15, 0.2) is 9.84 Å². The van der Waals surface area contributed by atoms with Crippen LogP contribution in [0.5, 0.6) is 5.75 Å². The lowest BCUT2D eigenvalue weighted by atomic mass is 10.1. The maximum Gasteiger partial charge on any atom is 0.178 e. The van der Waals surface area contributed by atoms with E-state index in [1.807, 2.05) is 0 Å². The number of hydrogen-bond acceptors (Lipinski definition) is 4. The highest BCUT2D eigenvalue weighted by atomic mass is 32.2. The summed E-state index contributed by atoms with van der Waals surface area (Å²) in [5, 5.41) is 3.29. The van der Waals surface area contributed by atoms with Crippen LogP contribution in [0.1, 0.15) is 13.3 Å². The Kier molecular flexibility index (Phi) is 4.24. The molecular weight excluding hydrogens is 250 g/mol. The van der Waals surface area contributed by atoms with Gasteiger partial charge in [0.1, 0.15) is 5.75 Å². The van der Waals surface area contributed by atoms with Crippen molar-refractivity contribution in [3.05, 3.63) is 24.3 Å². The first-order valence-electron chi connectivity index (χ1n) is 6.28. The molecule has 0 aliphatic carbocycles. The Morgan fingerprint density at radius 1 is 1.33 bits per heavy atom. The van der Waals surface area contributed by atoms with Crippen molar-refractivity contribution < 1.29 is 13.2 Å². The Labute approximate surface area is 108 Å². The van der Waals surface area contributed by atoms with Crippen LogP contribution in [0, 0.1) is 5.92 Å². The molecule has 100 valence electrons. The van der Waals surface area contributed by atoms with Crippen LogP contribution in [0.3, 0.4) is 0 Å². The van der Waals surface area contributed by atoms with Crippen LogP contribution in [-0.4, -0.2) is 33.9 Å². The van der Waals surface area contributed by atoms with E-state index in [0.29, 0.717) is 17.4 Å². The minimum Gasteiger partial charge on any atom is -0.493 e. The second-order valence-electron chi connectivity index (χ2n) is 4.54. The minimum atomic E-state index is -3.11. The van der Waals surface area contributed by atoms with Crippen molar-refractivity contribution >= 4 is 9.84 Å². The number of ether oxygens (including phenoxy) is 1. The third-order valence-corrected chi connectivity index (χ3v) is 4.96. The van der Waals surface area contributed by atoms with Crippen LogP contribution in [0.2, 0.25) is 0 Å². The van der Waals surface area contributed by atoms with E-state index in [0.717, 1.165) is 25.3 Å². The van der Waals surface area contributed by atoms with Crippen molar-refractivity contribution in [2.24, 2.45) is 5.92 Å². The van der Waals surface area contributed by atoms with Crippen molar-refractivity contribution in [3.63, 3.8) is 0 Å². The fraction of sp³-hybridized carbons (Fsp3) is 0.538. The molecule has 1 saturated heterocycles. The Morgan fingerprint density at radius 2 is 2.06 bits per heavy atom. The molecule has 1 fully saturated rings. The molecule has 0 aromatic heterocycles. The van der Waals surface area contributed by atoms with Crippen LogP contribution in [0.4, 0.5) is 0 Å². The first-order chi connectivity index (χ1) is 8.62. The zero-order valence-electron chi connectivity index (χ0n) is 10.6. The highest BCUT2D eigenvalue weighted by Gasteiger charge is 2.15. The van der Waals surface area contributed by atoms with E-state index in [1.165, 1.54) is 0 Å². The van der Waals surface area contributed by atoms with E-state index >= 15 is 0 Å². The number of sulfone groups is 1. The number of benzene rings is 1. The van der Waals surface area contributed by atoms with Crippen molar-refractivity contribution in [2.75, 3.05) is 25.4 Å². The van der Waals surface area contributed by atoms with Crippen molar-refractivity contribution in [2.45, 2.75) is 18.2 Å². The second-order valence-corrected chi connectivity index (χ2v) is 6.82. The zero-order chi connectivity index (χ0) is 13.0. The first kappa shape index (κ1) is 13.4. The average molecular weight is 269 g/mol. The molecule has 1 unspecified atom stereocenters. The molecule has 1 heterocycles. The molecule has 0 saturated carbocycles. The van der Waals surface area contributed by atoms with Crippen LogP contribution < -0.4 is 10.1 Å². The molecule has 18 heavy (non-hydrogen) atoms. The molecule has 0 spiro atoms. The standard InChI is InChI=1S/C13H19NO3S/c1-2-18(15,16)13-5-3-12(4-6-13)17-10-11-7-8-14-9-11/h3-6,11,14H,2,7-10H2,1H3. The van der Waals surface area contributed by atoms with Crippen LogP contribution in [0.25, 0.3) is 0 Å². The predicted molar refractivity (Wildman–Crippen MR) is 70.6 cm³/mol. The molecule has 0 bridgehead atoms. The van der Waals surface area contributed by atoms with Gasteiger partial charge in [-0.05, 0) is 37.2 Å². The van der Waals surface area contributed by atoms with Gasteiger partial charge in [-0.15, -0.1) is 0 Å². The molecule has 1 N–H and O–H groups in total. The van der Waals surface area contributed by atoms with Gasteiger partial charge in [0.25, 0.3) is 0 Å². The highest BCUT2D eigenvalue weighted by molar-refractivity contribution is 7.91. The summed E-state index contributed by atoms with van der Waals surface area (Å²) in [4.78, 5) is 0.361. The molecule has 4 nitrogen and oxygen atoms in total. The lowest BCUT2D eigenvalue weighted by molar-refractivity contribution is 0.260. The summed E-state index contributed by atoms with van der Waals surface area (Å²) < 4.78 is 28.9. The zero-order valence-corrected chi connectivity index (χ0v) is 11.4. The normalized spacial score (nSPS) is 19.9. The monoisotopic (exact) mass is 269 g/mol. The quantitative estimate of drug-likeness (QED) is 0.879. The molecular formula is C13H19NO3S. The van der Waals surface area contributed by atoms with E-state index in [1.54, 1.807) is 31.2 Å². The fourth-order valence-corrected chi connectivity index (χ4v) is 2.86. The van der Waals surface area contributed by atoms with Gasteiger partial charge in [-0.3, -0.25) is 0 Å². The van der Waals surface area contributed by atoms with Gasteiger partial charge in [-0.2, -0.15) is 0 Å². The number of nitrogens with one attached hydrogen (secondary N) is 1. The molecule has 2 rings (SSSR count). The van der Waals surface area contributed by atoms with Crippen molar-refractivity contribution in [1.82, 2.24) is 5.32 Å². The SMILES string of the molecule is CCS(=O)(=O)c1ccc(OCC2CCNC2)cc1. The molecule has 5 heteroatoms. The van der Waals surface area contributed by atoms with Crippen LogP contribution in [0.15, 0.2) is 29.2 Å². The van der Waals surface area contributed by atoms with E-state index in [2.05, 4.69) is 5.32 Å². The molecule has 1 aromatic rings. The maximum atomic E-state index is 11.6. The Bertz CT molecular complexity index is 475. The summed E-state index contributed by atoms with van der Waals surface area (Å²) >= 11 is 0. The Morgan fingerprint density at radius 3 is 2.61 bits per heavy atom. The van der Waals surface area contributed by atoms with E-state index in [-0.39, 0.29) is 5.75 Å². The largest absolute Gasteiger partial charge is 0.493 e. The Balaban J connectivity index is 1.95. The van der Waals surface area contributed by atoms with E-state index in [9.17, 15) is 8.42 Å². The number of rotatable bonds is 5. The first-order valence-corrected chi connectivity index (χ1v) is 7.93. The highest BCUT2D eigenvalue weighted by Crippen LogP contribution is 2.18. The molecule has 1 aromatic carbocycles. The van der Waals surface area contributed by atoms with Crippen molar-refractivity contribution in [1.29, 1.82) is 0 Å². The third kappa shape index (κ3) is 3.23. The van der Waals surface area contributed by atoms with Gasteiger partial charge in [0.2, 0.25) is 0 Å². The van der Waals surface area contributed by atoms with Gasteiger partial charge in [-0.25, -0.2) is 8.42 Å². The van der Waals surface area contributed by atoms with E-state index in [4.69, 9.17) is 4.74 Å². The maximum absolute atomic E-state index is 11.6. The number of hydrogen-bond donors (Lipinski definition) is 1. The van der Waals surface area contributed by atoms with Crippen LogP contribution >= 0.6 is 0 Å². The van der Waals surface area contributed by atoms with Gasteiger partial charge in [0, 0.05) is 12.5 Å². The van der Waals surface area contributed by atoms with E-state index < -0.39 is 9.84 Å². The summed E-state index contributed by atoms with van der Waals surface area (Å²) in [5.41, 5.74) is 0. The topological polar surface area (TPSA) is 55.4 Å². The lowest BCUT2D eigenvalue weighted by Crippen LogP contribution is -2.15. The lowest BCUT2D eigenvalue weighted by Gasteiger charge is -2.11. The molecule has 1 aliphatic heterocycles. The van der Waals surface area contributed by atoms with Crippen LogP contribution in [-0.2, 0) is 9.84 Å². The summed E-state index contributed by atoms with van der Waals surface area (Å²) in [6.45, 7) is 4.39. The molecule has 1 atom stereocenters. The predicted octanol–water partition coefficient (Wildman–Crippen LogP) is 1.47. The van der Waals surface area contributed by atoms with Gasteiger partial charge < -0.3 is 10.1 Å². The minimum absolute atomic E-state index is 0.126. The third-order valence-electron chi connectivity index (χ3n) is 3.21. The van der Waals surface area contributed by atoms with Crippen molar-refractivity contribution in [3.8, 4) is 5.75 Å². The molecule has 1 aliphatic rings. The Hall–Kier alpha value is -1.07. The summed E-state index contributed by atoms with van der Waals surface area (Å²) in [6, 6.07) is 6.68. The van der Waals surface area contributed by atoms with Gasteiger partial charge in [0.05, 0.1) is 17.3 Å². The second kappa shape index (κ2) is 5.71. The van der Waals surface area contributed by atoms with Gasteiger partial charge in [-0.1, -0.05) is 6.92 Å².